The monoisotopic (exact) mass is 687 g/mol. The zero-order chi connectivity index (χ0) is 35.0. The molecular weight excluding hydrogens is 651 g/mol. The van der Waals surface area contributed by atoms with Crippen LogP contribution in [0, 0.1) is 12.3 Å². The lowest BCUT2D eigenvalue weighted by atomic mass is 9.76. The number of hydrogen-bond donors (Lipinski definition) is 2. The molecule has 5 aromatic rings. The number of nitrogen functional groups attached to an aromatic ring is 1. The van der Waals surface area contributed by atoms with Crippen LogP contribution in [0.5, 0.6) is 5.88 Å². The number of carbonyl (C=O) groups excluding carboxylic acids is 1. The van der Waals surface area contributed by atoms with Crippen molar-refractivity contribution < 1.29 is 27.4 Å². The quantitative estimate of drug-likeness (QED) is 0.203. The second-order valence-electron chi connectivity index (χ2n) is 12.8. The van der Waals surface area contributed by atoms with Crippen LogP contribution < -0.4 is 20.7 Å². The molecule has 0 bridgehead atoms. The highest BCUT2D eigenvalue weighted by Crippen LogP contribution is 2.43. The first-order valence-electron chi connectivity index (χ1n) is 16.4. The van der Waals surface area contributed by atoms with E-state index in [1.807, 2.05) is 29.2 Å². The van der Waals surface area contributed by atoms with Gasteiger partial charge in [-0.3, -0.25) is 4.79 Å². The molecule has 0 unspecified atom stereocenters. The van der Waals surface area contributed by atoms with E-state index < -0.39 is 12.3 Å². The summed E-state index contributed by atoms with van der Waals surface area (Å²) in [5, 5.41) is 16.6. The van der Waals surface area contributed by atoms with Crippen molar-refractivity contribution in [2.75, 3.05) is 36.9 Å². The van der Waals surface area contributed by atoms with E-state index in [0.717, 1.165) is 23.8 Å². The molecule has 2 atom stereocenters. The predicted molar refractivity (Wildman–Crippen MR) is 180 cm³/mol. The first-order chi connectivity index (χ1) is 24.0. The topological polar surface area (TPSA) is 146 Å². The number of fused-ring (bicyclic) bond motifs is 1. The fourth-order valence-corrected chi connectivity index (χ4v) is 6.86. The molecule has 50 heavy (non-hydrogen) atoms. The molecule has 2 aliphatic rings. The molecule has 2 fully saturated rings. The Bertz CT molecular complexity index is 2030. The number of anilines is 2. The van der Waals surface area contributed by atoms with Crippen LogP contribution in [0.2, 0.25) is 0 Å². The number of carbonyl (C=O) groups is 1. The molecule has 5 heterocycles. The molecule has 2 aromatic carbocycles. The number of nitrogens with two attached hydrogens (primary N) is 1. The smallest absolute Gasteiger partial charge is 0.429 e. The maximum absolute atomic E-state index is 15.0. The van der Waals surface area contributed by atoms with E-state index in [2.05, 4.69) is 30.6 Å². The number of hydrogen-bond acceptors (Lipinski definition) is 11. The molecule has 15 heteroatoms. The van der Waals surface area contributed by atoms with Crippen LogP contribution >= 0.6 is 0 Å². The minimum Gasteiger partial charge on any atom is -0.465 e. The zero-order valence-corrected chi connectivity index (χ0v) is 27.5. The van der Waals surface area contributed by atoms with Crippen molar-refractivity contribution in [1.82, 2.24) is 35.3 Å². The zero-order valence-electron chi connectivity index (χ0n) is 27.5. The number of rotatable bonds is 8. The molecule has 3 aromatic heterocycles. The second-order valence-corrected chi connectivity index (χ2v) is 12.8. The van der Waals surface area contributed by atoms with Crippen LogP contribution in [-0.2, 0) is 9.53 Å². The van der Waals surface area contributed by atoms with Gasteiger partial charge >= 0.3 is 12.1 Å². The van der Waals surface area contributed by atoms with Gasteiger partial charge in [-0.1, -0.05) is 18.2 Å². The number of aryl methyl sites for hydroxylation is 1. The van der Waals surface area contributed by atoms with Crippen molar-refractivity contribution in [3.8, 4) is 22.7 Å². The summed E-state index contributed by atoms with van der Waals surface area (Å²) >= 11 is 0. The average molecular weight is 688 g/mol. The lowest BCUT2D eigenvalue weighted by molar-refractivity contribution is -0.198. The normalized spacial score (nSPS) is 18.0. The number of alkyl halides is 3. The number of aromatic nitrogens is 6. The van der Waals surface area contributed by atoms with E-state index in [1.54, 1.807) is 44.4 Å². The van der Waals surface area contributed by atoms with Gasteiger partial charge in [-0.05, 0) is 80.0 Å². The third-order valence-corrected chi connectivity index (χ3v) is 9.45. The lowest BCUT2D eigenvalue weighted by Crippen LogP contribution is -2.41. The lowest BCUT2D eigenvalue weighted by Gasteiger charge is -2.39. The van der Waals surface area contributed by atoms with Gasteiger partial charge in [0.15, 0.2) is 0 Å². The minimum absolute atomic E-state index is 0.0818. The molecule has 0 saturated carbocycles. The van der Waals surface area contributed by atoms with Crippen molar-refractivity contribution in [1.29, 1.82) is 0 Å². The number of piperidine rings is 1. The molecule has 260 valence electrons. The Hall–Kier alpha value is -5.31. The molecule has 1 spiro atoms. The van der Waals surface area contributed by atoms with E-state index in [-0.39, 0.29) is 40.5 Å². The van der Waals surface area contributed by atoms with Crippen molar-refractivity contribution in [3.63, 3.8) is 0 Å². The van der Waals surface area contributed by atoms with Gasteiger partial charge in [0.2, 0.25) is 17.9 Å². The van der Waals surface area contributed by atoms with Crippen molar-refractivity contribution >= 4 is 28.6 Å². The highest BCUT2D eigenvalue weighted by atomic mass is 19.4. The molecule has 12 nitrogen and oxygen atoms in total. The van der Waals surface area contributed by atoms with Gasteiger partial charge in [0.1, 0.15) is 11.9 Å². The van der Waals surface area contributed by atoms with E-state index in [1.165, 1.54) is 16.8 Å². The Balaban J connectivity index is 1.17. The molecule has 0 amide bonds. The summed E-state index contributed by atoms with van der Waals surface area (Å²) in [6, 6.07) is 14.8. The number of halogens is 3. The van der Waals surface area contributed by atoms with E-state index >= 15 is 0 Å². The molecular formula is C35H36F3N9O3. The second kappa shape index (κ2) is 13.2. The fraction of sp³-hybridized carbons (Fsp3) is 0.371. The highest BCUT2D eigenvalue weighted by molar-refractivity contribution is 5.84. The van der Waals surface area contributed by atoms with Gasteiger partial charge in [0, 0.05) is 42.8 Å². The third-order valence-electron chi connectivity index (χ3n) is 9.45. The molecule has 2 aliphatic heterocycles. The molecule has 0 aliphatic carbocycles. The summed E-state index contributed by atoms with van der Waals surface area (Å²) < 4.78 is 57.2. The number of nitrogens with one attached hydrogen (secondary N) is 1. The van der Waals surface area contributed by atoms with Gasteiger partial charge in [0.05, 0.1) is 29.7 Å². The van der Waals surface area contributed by atoms with Crippen molar-refractivity contribution in [3.05, 3.63) is 78.2 Å². The van der Waals surface area contributed by atoms with Gasteiger partial charge in [-0.15, -0.1) is 0 Å². The fourth-order valence-electron chi connectivity index (χ4n) is 6.86. The van der Waals surface area contributed by atoms with Crippen LogP contribution in [0.3, 0.4) is 0 Å². The first-order valence-corrected chi connectivity index (χ1v) is 16.4. The number of esters is 1. The summed E-state index contributed by atoms with van der Waals surface area (Å²) in [7, 11) is 0. The van der Waals surface area contributed by atoms with Gasteiger partial charge in [-0.25, -0.2) is 4.68 Å². The Morgan fingerprint density at radius 3 is 2.60 bits per heavy atom. The highest BCUT2D eigenvalue weighted by Gasteiger charge is 2.46. The van der Waals surface area contributed by atoms with E-state index in [4.69, 9.17) is 15.2 Å². The summed E-state index contributed by atoms with van der Waals surface area (Å²) in [5.41, 5.74) is 8.80. The summed E-state index contributed by atoms with van der Waals surface area (Å²) in [6.07, 6.45) is -1.86. The summed E-state index contributed by atoms with van der Waals surface area (Å²) in [4.78, 5) is 22.6. The van der Waals surface area contributed by atoms with Crippen molar-refractivity contribution in [2.24, 2.45) is 5.41 Å². The largest absolute Gasteiger partial charge is 0.465 e. The first kappa shape index (κ1) is 33.2. The standard InChI is InChI=1S/C35H36F3N9O3/c1-3-49-32(48)27-19-34(20-40-27)10-14-46(15-11-34)29-18-30(43-33(39)42-29)50-31(35(36,37)38)25-6-4-23(17-28(25)47-13-9-21(2)45-47)22-5-7-26-24(16-22)8-12-41-44-26/h4-9,12-13,16-18,27,31,40H,3,10-11,14-15,19-20H2,1-2H3,(H2,39,42,43)/t27-,31+/m0/s1. The van der Waals surface area contributed by atoms with Crippen LogP contribution in [0.1, 0.15) is 43.5 Å². The van der Waals surface area contributed by atoms with Crippen LogP contribution in [0.15, 0.2) is 67.0 Å². The van der Waals surface area contributed by atoms with E-state index in [0.29, 0.717) is 55.3 Å². The number of nitrogens with zero attached hydrogens (tertiary/aromatic N) is 7. The number of benzene rings is 2. The van der Waals surface area contributed by atoms with Gasteiger partial charge in [0.25, 0.3) is 0 Å². The molecule has 0 radical (unpaired) electrons. The SMILES string of the molecule is CCOC(=O)[C@@H]1CC2(CCN(c3cc(O[C@H](c4ccc(-c5ccc6nnccc6c5)cc4-n4ccc(C)n4)C(F)(F)F)nc(N)n3)CC2)CN1. The van der Waals surface area contributed by atoms with E-state index in [9.17, 15) is 18.0 Å². The number of ether oxygens (including phenoxy) is 2. The van der Waals surface area contributed by atoms with Crippen LogP contribution in [0.4, 0.5) is 24.9 Å². The predicted octanol–water partition coefficient (Wildman–Crippen LogP) is 5.36. The Kier molecular flexibility index (Phi) is 8.76. The Morgan fingerprint density at radius 1 is 1.08 bits per heavy atom. The summed E-state index contributed by atoms with van der Waals surface area (Å²) in [5.74, 6) is -0.387. The average Bonchev–Trinajstić information content (AvgIpc) is 3.73. The molecule has 2 saturated heterocycles. The van der Waals surface area contributed by atoms with Gasteiger partial charge in [-0.2, -0.15) is 38.4 Å². The van der Waals surface area contributed by atoms with Gasteiger partial charge < -0.3 is 25.4 Å². The molecule has 3 N–H and O–H groups in total. The minimum atomic E-state index is -4.83. The van der Waals surface area contributed by atoms with Crippen LogP contribution in [-0.4, -0.2) is 74.4 Å². The third kappa shape index (κ3) is 6.77. The maximum Gasteiger partial charge on any atom is 0.429 e. The maximum atomic E-state index is 15.0. The van der Waals surface area contributed by atoms with Crippen molar-refractivity contribution in [2.45, 2.75) is 51.4 Å². The molecule has 7 rings (SSSR count). The Morgan fingerprint density at radius 2 is 1.86 bits per heavy atom. The Labute approximate surface area is 285 Å². The summed E-state index contributed by atoms with van der Waals surface area (Å²) in [6.45, 7) is 5.69. The van der Waals surface area contributed by atoms with Crippen LogP contribution in [0.25, 0.3) is 27.7 Å².